The average Bonchev–Trinajstić information content (AvgIpc) is 2.94. The van der Waals surface area contributed by atoms with E-state index in [-0.39, 0.29) is 24.8 Å². The first-order valence-corrected chi connectivity index (χ1v) is 15.7. The van der Waals surface area contributed by atoms with Crippen molar-refractivity contribution >= 4 is 50.7 Å². The first kappa shape index (κ1) is 32.2. The number of ether oxygens (including phenoxy) is 1. The molecule has 2 amide bonds. The van der Waals surface area contributed by atoms with Crippen molar-refractivity contribution in [2.24, 2.45) is 5.92 Å². The number of methoxy groups -OCH3 is 1. The summed E-state index contributed by atoms with van der Waals surface area (Å²) < 4.78 is 31.9. The maximum absolute atomic E-state index is 14.1. The smallest absolute Gasteiger partial charge is 0.244 e. The zero-order valence-electron chi connectivity index (χ0n) is 23.5. The minimum atomic E-state index is -3.87. The molecule has 1 atom stereocenters. The molecule has 0 saturated carbocycles. The molecule has 8 nitrogen and oxygen atoms in total. The summed E-state index contributed by atoms with van der Waals surface area (Å²) in [5, 5.41) is 3.60. The van der Waals surface area contributed by atoms with Gasteiger partial charge in [-0.05, 0) is 53.4 Å². The molecule has 0 spiro atoms. The van der Waals surface area contributed by atoms with Crippen LogP contribution in [0.15, 0.2) is 72.8 Å². The lowest BCUT2D eigenvalue weighted by Crippen LogP contribution is -2.53. The first-order chi connectivity index (χ1) is 19.4. The van der Waals surface area contributed by atoms with E-state index in [0.29, 0.717) is 33.6 Å². The summed E-state index contributed by atoms with van der Waals surface area (Å²) in [6.07, 6.45) is 1.25. The lowest BCUT2D eigenvalue weighted by Gasteiger charge is -2.33. The third kappa shape index (κ3) is 9.38. The molecule has 1 N–H and O–H groups in total. The molecule has 0 aromatic heterocycles. The molecule has 220 valence electrons. The Morgan fingerprint density at radius 2 is 1.59 bits per heavy atom. The zero-order chi connectivity index (χ0) is 30.2. The van der Waals surface area contributed by atoms with E-state index in [1.165, 1.54) is 12.0 Å². The number of carbonyl (C=O) groups excluding carboxylic acids is 2. The number of sulfonamides is 1. The predicted molar refractivity (Wildman–Crippen MR) is 164 cm³/mol. The van der Waals surface area contributed by atoms with Crippen molar-refractivity contribution in [3.8, 4) is 5.75 Å². The fourth-order valence-corrected chi connectivity index (χ4v) is 5.34. The van der Waals surface area contributed by atoms with Gasteiger partial charge in [0, 0.05) is 19.5 Å². The van der Waals surface area contributed by atoms with Gasteiger partial charge in [-0.15, -0.1) is 0 Å². The van der Waals surface area contributed by atoms with Gasteiger partial charge in [0.05, 0.1) is 29.1 Å². The molecule has 0 aliphatic heterocycles. The summed E-state index contributed by atoms with van der Waals surface area (Å²) in [6.45, 7) is 3.85. The number of hydrogen-bond acceptors (Lipinski definition) is 5. The standard InChI is InChI=1S/C30H35Cl2N3O5S/c1-21(2)18-33-30(37)28(17-22-8-6-5-7-9-22)34(19-23-10-15-26(31)27(32)16-23)29(36)20-35(41(4,38)39)24-11-13-25(40-3)14-12-24/h5-16,21,28H,17-20H2,1-4H3,(H,33,37). The fourth-order valence-electron chi connectivity index (χ4n) is 4.17. The normalized spacial score (nSPS) is 12.1. The minimum absolute atomic E-state index is 0.00252. The molecule has 0 aliphatic carbocycles. The SMILES string of the molecule is COc1ccc(N(CC(=O)N(Cc2ccc(Cl)c(Cl)c2)C(Cc2ccccc2)C(=O)NCC(C)C)S(C)(=O)=O)cc1. The van der Waals surface area contributed by atoms with Gasteiger partial charge < -0.3 is 15.0 Å². The maximum Gasteiger partial charge on any atom is 0.244 e. The van der Waals surface area contributed by atoms with Crippen LogP contribution in [0.25, 0.3) is 0 Å². The van der Waals surface area contributed by atoms with E-state index in [2.05, 4.69) is 5.32 Å². The largest absolute Gasteiger partial charge is 0.497 e. The van der Waals surface area contributed by atoms with Crippen molar-refractivity contribution < 1.29 is 22.7 Å². The summed E-state index contributed by atoms with van der Waals surface area (Å²) in [4.78, 5) is 29.1. The van der Waals surface area contributed by atoms with E-state index < -0.39 is 28.5 Å². The zero-order valence-corrected chi connectivity index (χ0v) is 25.8. The fraction of sp³-hybridized carbons (Fsp3) is 0.333. The van der Waals surface area contributed by atoms with Crippen LogP contribution in [0.5, 0.6) is 5.75 Å². The Morgan fingerprint density at radius 3 is 2.15 bits per heavy atom. The number of carbonyl (C=O) groups is 2. The van der Waals surface area contributed by atoms with Crippen LogP contribution in [0.1, 0.15) is 25.0 Å². The van der Waals surface area contributed by atoms with Crippen LogP contribution in [0.2, 0.25) is 10.0 Å². The quantitative estimate of drug-likeness (QED) is 0.284. The molecule has 0 bridgehead atoms. The number of amides is 2. The van der Waals surface area contributed by atoms with Gasteiger partial charge in [-0.25, -0.2) is 8.42 Å². The highest BCUT2D eigenvalue weighted by Gasteiger charge is 2.33. The van der Waals surface area contributed by atoms with Crippen molar-refractivity contribution in [2.45, 2.75) is 32.9 Å². The summed E-state index contributed by atoms with van der Waals surface area (Å²) in [6, 6.07) is 19.7. The topological polar surface area (TPSA) is 96.0 Å². The van der Waals surface area contributed by atoms with Crippen LogP contribution in [-0.2, 0) is 32.6 Å². The van der Waals surface area contributed by atoms with E-state index in [0.717, 1.165) is 16.1 Å². The van der Waals surface area contributed by atoms with E-state index in [9.17, 15) is 18.0 Å². The first-order valence-electron chi connectivity index (χ1n) is 13.1. The van der Waals surface area contributed by atoms with Gasteiger partial charge in [-0.3, -0.25) is 13.9 Å². The van der Waals surface area contributed by atoms with Crippen LogP contribution in [0, 0.1) is 5.92 Å². The minimum Gasteiger partial charge on any atom is -0.497 e. The second kappa shape index (κ2) is 14.6. The molecular formula is C30H35Cl2N3O5S. The highest BCUT2D eigenvalue weighted by Crippen LogP contribution is 2.26. The molecule has 3 rings (SSSR count). The van der Waals surface area contributed by atoms with Crippen molar-refractivity contribution in [3.05, 3.63) is 94.0 Å². The predicted octanol–water partition coefficient (Wildman–Crippen LogP) is 5.18. The van der Waals surface area contributed by atoms with E-state index in [4.69, 9.17) is 27.9 Å². The molecule has 0 fully saturated rings. The van der Waals surface area contributed by atoms with Gasteiger partial charge in [0.1, 0.15) is 18.3 Å². The Labute approximate surface area is 252 Å². The average molecular weight is 621 g/mol. The molecule has 3 aromatic carbocycles. The molecule has 41 heavy (non-hydrogen) atoms. The van der Waals surface area contributed by atoms with Gasteiger partial charge in [0.15, 0.2) is 0 Å². The number of nitrogens with zero attached hydrogens (tertiary/aromatic N) is 2. The lowest BCUT2D eigenvalue weighted by atomic mass is 10.0. The number of nitrogens with one attached hydrogen (secondary N) is 1. The van der Waals surface area contributed by atoms with Crippen LogP contribution < -0.4 is 14.4 Å². The Kier molecular flexibility index (Phi) is 11.5. The molecule has 3 aromatic rings. The number of benzene rings is 3. The van der Waals surface area contributed by atoms with Crippen LogP contribution in [0.3, 0.4) is 0 Å². The summed E-state index contributed by atoms with van der Waals surface area (Å²) >= 11 is 12.4. The highest BCUT2D eigenvalue weighted by atomic mass is 35.5. The van der Waals surface area contributed by atoms with Crippen molar-refractivity contribution in [1.82, 2.24) is 10.2 Å². The van der Waals surface area contributed by atoms with Crippen molar-refractivity contribution in [1.29, 1.82) is 0 Å². The van der Waals surface area contributed by atoms with E-state index >= 15 is 0 Å². The lowest BCUT2D eigenvalue weighted by molar-refractivity contribution is -0.140. The number of hydrogen-bond donors (Lipinski definition) is 1. The van der Waals surface area contributed by atoms with E-state index in [1.54, 1.807) is 42.5 Å². The number of halogens is 2. The third-order valence-electron chi connectivity index (χ3n) is 6.33. The van der Waals surface area contributed by atoms with E-state index in [1.807, 2.05) is 44.2 Å². The van der Waals surface area contributed by atoms with Gasteiger partial charge in [-0.1, -0.05) is 73.4 Å². The Bertz CT molecular complexity index is 1430. The monoisotopic (exact) mass is 619 g/mol. The van der Waals surface area contributed by atoms with Crippen LogP contribution >= 0.6 is 23.2 Å². The Balaban J connectivity index is 2.05. The van der Waals surface area contributed by atoms with Gasteiger partial charge in [-0.2, -0.15) is 0 Å². The van der Waals surface area contributed by atoms with Gasteiger partial charge >= 0.3 is 0 Å². The number of rotatable bonds is 13. The van der Waals surface area contributed by atoms with Gasteiger partial charge in [0.2, 0.25) is 21.8 Å². The molecule has 0 heterocycles. The second-order valence-electron chi connectivity index (χ2n) is 10.1. The molecule has 1 unspecified atom stereocenters. The molecule has 0 saturated heterocycles. The van der Waals surface area contributed by atoms with Crippen LogP contribution in [0.4, 0.5) is 5.69 Å². The highest BCUT2D eigenvalue weighted by molar-refractivity contribution is 7.92. The molecule has 0 aliphatic rings. The maximum atomic E-state index is 14.1. The Morgan fingerprint density at radius 1 is 0.927 bits per heavy atom. The molecular weight excluding hydrogens is 585 g/mol. The second-order valence-corrected chi connectivity index (χ2v) is 12.8. The van der Waals surface area contributed by atoms with Crippen LogP contribution in [-0.4, -0.2) is 57.6 Å². The summed E-state index contributed by atoms with van der Waals surface area (Å²) in [5.74, 6) is -0.171. The number of anilines is 1. The summed E-state index contributed by atoms with van der Waals surface area (Å²) in [7, 11) is -2.37. The third-order valence-corrected chi connectivity index (χ3v) is 8.21. The molecule has 0 radical (unpaired) electrons. The van der Waals surface area contributed by atoms with Crippen molar-refractivity contribution in [3.63, 3.8) is 0 Å². The Hall–Kier alpha value is -3.27. The summed E-state index contributed by atoms with van der Waals surface area (Å²) in [5.41, 5.74) is 1.78. The van der Waals surface area contributed by atoms with Gasteiger partial charge in [0.25, 0.3) is 0 Å². The molecule has 11 heteroatoms. The van der Waals surface area contributed by atoms with Crippen molar-refractivity contribution in [2.75, 3.05) is 30.8 Å².